The van der Waals surface area contributed by atoms with Crippen molar-refractivity contribution in [1.82, 2.24) is 9.88 Å². The number of amides is 2. The van der Waals surface area contributed by atoms with E-state index in [1.807, 2.05) is 13.8 Å². The number of carbonyl (C=O) groups excluding carboxylic acids is 2. The quantitative estimate of drug-likeness (QED) is 0.454. The van der Waals surface area contributed by atoms with Crippen molar-refractivity contribution in [2.45, 2.75) is 27.1 Å². The molecule has 162 valence electrons. The van der Waals surface area contributed by atoms with Crippen LogP contribution in [0, 0.1) is 0 Å². The molecule has 30 heavy (non-hydrogen) atoms. The van der Waals surface area contributed by atoms with Crippen LogP contribution in [-0.2, 0) is 14.2 Å². The minimum Gasteiger partial charge on any atom is -0.462 e. The Labute approximate surface area is 174 Å². The average molecular weight is 417 g/mol. The van der Waals surface area contributed by atoms with Crippen molar-refractivity contribution in [1.29, 1.82) is 0 Å². The molecule has 0 spiro atoms. The van der Waals surface area contributed by atoms with Gasteiger partial charge in [-0.25, -0.2) is 9.59 Å². The number of ether oxygens (including phenoxy) is 3. The van der Waals surface area contributed by atoms with E-state index in [0.29, 0.717) is 24.6 Å². The SMILES string of the molecule is CCOC(=O)c1ccc(=O)n(-c2cccc(NC(=O)NCC(OCC)OCC)c2)c1. The fourth-order valence-corrected chi connectivity index (χ4v) is 2.65. The van der Waals surface area contributed by atoms with Gasteiger partial charge in [-0.1, -0.05) is 6.07 Å². The second kappa shape index (κ2) is 11.7. The van der Waals surface area contributed by atoms with Crippen LogP contribution >= 0.6 is 0 Å². The first-order chi connectivity index (χ1) is 14.5. The number of rotatable bonds is 10. The van der Waals surface area contributed by atoms with Gasteiger partial charge in [0.15, 0.2) is 6.29 Å². The summed E-state index contributed by atoms with van der Waals surface area (Å²) in [4.78, 5) is 36.4. The molecule has 0 saturated heterocycles. The number of nitrogens with zero attached hydrogens (tertiary/aromatic N) is 1. The maximum Gasteiger partial charge on any atom is 0.339 e. The summed E-state index contributed by atoms with van der Waals surface area (Å²) in [5.41, 5.74) is 0.902. The highest BCUT2D eigenvalue weighted by Crippen LogP contribution is 2.14. The number of aromatic nitrogens is 1. The van der Waals surface area contributed by atoms with E-state index in [1.165, 1.54) is 22.9 Å². The van der Waals surface area contributed by atoms with Crippen molar-refractivity contribution in [3.8, 4) is 5.69 Å². The number of benzene rings is 1. The number of esters is 1. The van der Waals surface area contributed by atoms with Crippen LogP contribution in [0.4, 0.5) is 10.5 Å². The number of pyridine rings is 1. The van der Waals surface area contributed by atoms with Gasteiger partial charge in [-0.05, 0) is 45.0 Å². The standard InChI is InChI=1S/C21H27N3O6/c1-4-28-19(29-5-2)13-22-21(27)23-16-8-7-9-17(12-16)24-14-15(10-11-18(24)25)20(26)30-6-3/h7-12,14,19H,4-6,13H2,1-3H3,(H2,22,23,27). The average Bonchev–Trinajstić information content (AvgIpc) is 2.73. The lowest BCUT2D eigenvalue weighted by molar-refractivity contribution is -0.131. The number of urea groups is 1. The monoisotopic (exact) mass is 417 g/mol. The van der Waals surface area contributed by atoms with Crippen molar-refractivity contribution >= 4 is 17.7 Å². The summed E-state index contributed by atoms with van der Waals surface area (Å²) in [7, 11) is 0. The Hall–Kier alpha value is -3.17. The van der Waals surface area contributed by atoms with E-state index in [2.05, 4.69) is 10.6 Å². The highest BCUT2D eigenvalue weighted by atomic mass is 16.7. The third-order valence-electron chi connectivity index (χ3n) is 3.94. The van der Waals surface area contributed by atoms with Gasteiger partial charge < -0.3 is 24.8 Å². The second-order valence-corrected chi connectivity index (χ2v) is 6.07. The molecule has 1 aromatic carbocycles. The molecule has 2 aromatic rings. The van der Waals surface area contributed by atoms with E-state index < -0.39 is 18.3 Å². The van der Waals surface area contributed by atoms with Crippen LogP contribution in [0.5, 0.6) is 0 Å². The van der Waals surface area contributed by atoms with Gasteiger partial charge in [-0.3, -0.25) is 9.36 Å². The molecule has 0 radical (unpaired) electrons. The molecule has 0 saturated carbocycles. The lowest BCUT2D eigenvalue weighted by Gasteiger charge is -2.17. The largest absolute Gasteiger partial charge is 0.462 e. The lowest BCUT2D eigenvalue weighted by Crippen LogP contribution is -2.37. The Morgan fingerprint density at radius 2 is 1.77 bits per heavy atom. The molecule has 9 nitrogen and oxygen atoms in total. The maximum absolute atomic E-state index is 12.3. The topological polar surface area (TPSA) is 108 Å². The van der Waals surface area contributed by atoms with Gasteiger partial charge in [0.1, 0.15) is 0 Å². The zero-order chi connectivity index (χ0) is 21.9. The van der Waals surface area contributed by atoms with Crippen LogP contribution in [0.3, 0.4) is 0 Å². The van der Waals surface area contributed by atoms with E-state index in [1.54, 1.807) is 31.2 Å². The van der Waals surface area contributed by atoms with E-state index >= 15 is 0 Å². The van der Waals surface area contributed by atoms with Gasteiger partial charge in [-0.2, -0.15) is 0 Å². The van der Waals surface area contributed by atoms with Crippen molar-refractivity contribution in [3.05, 3.63) is 58.5 Å². The Bertz CT molecular complexity index is 906. The zero-order valence-electron chi connectivity index (χ0n) is 17.3. The summed E-state index contributed by atoms with van der Waals surface area (Å²) in [6.45, 7) is 6.76. The molecule has 0 aliphatic heterocycles. The number of nitrogens with one attached hydrogen (secondary N) is 2. The van der Waals surface area contributed by atoms with Crippen molar-refractivity contribution < 1.29 is 23.8 Å². The molecule has 2 rings (SSSR count). The van der Waals surface area contributed by atoms with Gasteiger partial charge in [0.05, 0.1) is 24.4 Å². The predicted molar refractivity (Wildman–Crippen MR) is 112 cm³/mol. The molecule has 1 heterocycles. The first-order valence-corrected chi connectivity index (χ1v) is 9.76. The summed E-state index contributed by atoms with van der Waals surface area (Å²) < 4.78 is 17.1. The van der Waals surface area contributed by atoms with E-state index in [0.717, 1.165) is 0 Å². The smallest absolute Gasteiger partial charge is 0.339 e. The lowest BCUT2D eigenvalue weighted by atomic mass is 10.2. The first-order valence-electron chi connectivity index (χ1n) is 9.76. The van der Waals surface area contributed by atoms with Gasteiger partial charge in [-0.15, -0.1) is 0 Å². The second-order valence-electron chi connectivity index (χ2n) is 6.07. The zero-order valence-corrected chi connectivity index (χ0v) is 17.3. The van der Waals surface area contributed by atoms with Crippen molar-refractivity contribution in [3.63, 3.8) is 0 Å². The fourth-order valence-electron chi connectivity index (χ4n) is 2.65. The highest BCUT2D eigenvalue weighted by Gasteiger charge is 2.12. The van der Waals surface area contributed by atoms with Crippen LogP contribution < -0.4 is 16.2 Å². The van der Waals surface area contributed by atoms with Crippen LogP contribution in [-0.4, -0.2) is 49.2 Å². The molecular weight excluding hydrogens is 390 g/mol. The molecule has 0 bridgehead atoms. The number of hydrogen-bond donors (Lipinski definition) is 2. The summed E-state index contributed by atoms with van der Waals surface area (Å²) in [5, 5.41) is 5.38. The molecule has 2 amide bonds. The van der Waals surface area contributed by atoms with Crippen LogP contribution in [0.15, 0.2) is 47.4 Å². The molecule has 0 fully saturated rings. The summed E-state index contributed by atoms with van der Waals surface area (Å²) >= 11 is 0. The van der Waals surface area contributed by atoms with Gasteiger partial charge in [0, 0.05) is 31.2 Å². The molecule has 0 aliphatic rings. The molecule has 0 aliphatic carbocycles. The van der Waals surface area contributed by atoms with E-state index in [9.17, 15) is 14.4 Å². The minimum atomic E-state index is -0.527. The van der Waals surface area contributed by atoms with Crippen molar-refractivity contribution in [2.75, 3.05) is 31.7 Å². The van der Waals surface area contributed by atoms with Crippen LogP contribution in [0.2, 0.25) is 0 Å². The molecule has 2 N–H and O–H groups in total. The van der Waals surface area contributed by atoms with E-state index in [4.69, 9.17) is 14.2 Å². The number of anilines is 1. The molecule has 9 heteroatoms. The third-order valence-corrected chi connectivity index (χ3v) is 3.94. The Kier molecular flexibility index (Phi) is 9.04. The first kappa shape index (κ1) is 23.1. The van der Waals surface area contributed by atoms with Gasteiger partial charge >= 0.3 is 12.0 Å². The Balaban J connectivity index is 2.11. The van der Waals surface area contributed by atoms with Crippen molar-refractivity contribution in [2.24, 2.45) is 0 Å². The minimum absolute atomic E-state index is 0.189. The predicted octanol–water partition coefficient (Wildman–Crippen LogP) is 2.53. The Morgan fingerprint density at radius 1 is 1.03 bits per heavy atom. The molecular formula is C21H27N3O6. The fraction of sp³-hybridized carbons (Fsp3) is 0.381. The van der Waals surface area contributed by atoms with Gasteiger partial charge in [0.2, 0.25) is 0 Å². The highest BCUT2D eigenvalue weighted by molar-refractivity contribution is 5.90. The maximum atomic E-state index is 12.3. The van der Waals surface area contributed by atoms with Crippen LogP contribution in [0.1, 0.15) is 31.1 Å². The normalized spacial score (nSPS) is 10.7. The van der Waals surface area contributed by atoms with Crippen LogP contribution in [0.25, 0.3) is 5.69 Å². The summed E-state index contributed by atoms with van der Waals surface area (Å²) in [6.07, 6.45) is 0.884. The van der Waals surface area contributed by atoms with E-state index in [-0.39, 0.29) is 24.3 Å². The summed E-state index contributed by atoms with van der Waals surface area (Å²) in [6, 6.07) is 8.96. The number of hydrogen-bond acceptors (Lipinski definition) is 6. The third kappa shape index (κ3) is 6.71. The Morgan fingerprint density at radius 3 is 2.43 bits per heavy atom. The molecule has 1 aromatic heterocycles. The molecule has 0 atom stereocenters. The summed E-state index contributed by atoms with van der Waals surface area (Å²) in [5.74, 6) is -0.516. The number of carbonyl (C=O) groups is 2. The molecule has 0 unspecified atom stereocenters. The van der Waals surface area contributed by atoms with Gasteiger partial charge in [0.25, 0.3) is 5.56 Å².